The molecule has 0 N–H and O–H groups in total. The molecule has 0 amide bonds. The van der Waals surface area contributed by atoms with Gasteiger partial charge in [0.2, 0.25) is 3.79 Å². The summed E-state index contributed by atoms with van der Waals surface area (Å²) in [7, 11) is 0. The van der Waals surface area contributed by atoms with Crippen molar-refractivity contribution in [3.63, 3.8) is 0 Å². The van der Waals surface area contributed by atoms with E-state index in [2.05, 4.69) is 0 Å². The first-order chi connectivity index (χ1) is 8.86. The van der Waals surface area contributed by atoms with E-state index >= 15 is 0 Å². The molecule has 0 atom stereocenters. The van der Waals surface area contributed by atoms with Gasteiger partial charge in [0.1, 0.15) is 17.5 Å². The van der Waals surface area contributed by atoms with Crippen molar-refractivity contribution in [2.45, 2.75) is 27.7 Å². The van der Waals surface area contributed by atoms with Gasteiger partial charge in [-0.05, 0) is 55.5 Å². The second kappa shape index (κ2) is 6.11. The van der Waals surface area contributed by atoms with Crippen molar-refractivity contribution in [3.8, 4) is 0 Å². The van der Waals surface area contributed by atoms with E-state index in [9.17, 15) is 14.4 Å². The zero-order chi connectivity index (χ0) is 14.7. The van der Waals surface area contributed by atoms with Crippen LogP contribution in [0.4, 0.5) is 0 Å². The van der Waals surface area contributed by atoms with Crippen LogP contribution in [0.15, 0.2) is 0 Å². The van der Waals surface area contributed by atoms with Gasteiger partial charge < -0.3 is 0 Å². The van der Waals surface area contributed by atoms with E-state index in [0.29, 0.717) is 11.1 Å². The van der Waals surface area contributed by atoms with E-state index in [1.807, 2.05) is 27.7 Å². The number of hydrogen-bond donors (Lipinski definition) is 0. The summed E-state index contributed by atoms with van der Waals surface area (Å²) >= 11 is 1.55. The van der Waals surface area contributed by atoms with Gasteiger partial charge in [0, 0.05) is 34.2 Å². The topological polar surface area (TPSA) is 51.2 Å². The SMILES string of the molecule is Cc1c(C)c(C)c(C(=C=O)C(=O)I)c(C=C=O)c1C. The highest BCUT2D eigenvalue weighted by Crippen LogP contribution is 2.32. The monoisotopic (exact) mass is 368 g/mol. The summed E-state index contributed by atoms with van der Waals surface area (Å²) in [6.07, 6.45) is 1.26. The molecule has 19 heavy (non-hydrogen) atoms. The minimum atomic E-state index is -0.390. The molecular weight excluding hydrogens is 355 g/mol. The Labute approximate surface area is 125 Å². The number of halogens is 1. The minimum Gasteiger partial charge on any atom is -0.281 e. The van der Waals surface area contributed by atoms with Crippen molar-refractivity contribution in [1.29, 1.82) is 0 Å². The fourth-order valence-corrected chi connectivity index (χ4v) is 2.47. The van der Waals surface area contributed by atoms with Crippen LogP contribution in [0.5, 0.6) is 0 Å². The van der Waals surface area contributed by atoms with Gasteiger partial charge in [-0.1, -0.05) is 0 Å². The minimum absolute atomic E-state index is 0.0363. The molecule has 98 valence electrons. The smallest absolute Gasteiger partial charge is 0.234 e. The van der Waals surface area contributed by atoms with Crippen LogP contribution in [0.2, 0.25) is 0 Å². The van der Waals surface area contributed by atoms with Crippen LogP contribution in [0.3, 0.4) is 0 Å². The largest absolute Gasteiger partial charge is 0.281 e. The highest BCUT2D eigenvalue weighted by Gasteiger charge is 2.21. The zero-order valence-corrected chi connectivity index (χ0v) is 13.3. The summed E-state index contributed by atoms with van der Waals surface area (Å²) in [4.78, 5) is 33.3. The quantitative estimate of drug-likeness (QED) is 0.357. The first-order valence-corrected chi connectivity index (χ1v) is 6.71. The molecule has 0 heterocycles. The highest BCUT2D eigenvalue weighted by atomic mass is 127. The van der Waals surface area contributed by atoms with Crippen LogP contribution in [0.1, 0.15) is 33.4 Å². The molecule has 4 heteroatoms. The highest BCUT2D eigenvalue weighted by molar-refractivity contribution is 14.1. The van der Waals surface area contributed by atoms with E-state index < -0.39 is 0 Å². The third kappa shape index (κ3) is 2.76. The van der Waals surface area contributed by atoms with Gasteiger partial charge in [0.05, 0.1) is 0 Å². The molecule has 0 saturated heterocycles. The number of carbonyl (C=O) groups is 1. The van der Waals surface area contributed by atoms with Gasteiger partial charge in [0.25, 0.3) is 0 Å². The summed E-state index contributed by atoms with van der Waals surface area (Å²) in [5, 5.41) is 0. The average molecular weight is 368 g/mol. The van der Waals surface area contributed by atoms with Crippen LogP contribution in [0, 0.1) is 27.7 Å². The fraction of sp³-hybridized carbons (Fsp3) is 0.267. The third-order valence-electron chi connectivity index (χ3n) is 3.49. The maximum Gasteiger partial charge on any atom is 0.234 e. The predicted molar refractivity (Wildman–Crippen MR) is 83.7 cm³/mol. The Morgan fingerprint density at radius 2 is 1.53 bits per heavy atom. The standard InChI is InChI=1S/C15H13IO3/c1-8-9(2)11(4)14(13(7-18)15(16)19)12(5-6-17)10(8)3/h5H,1-4H3. The van der Waals surface area contributed by atoms with E-state index in [4.69, 9.17) is 0 Å². The van der Waals surface area contributed by atoms with Gasteiger partial charge in [-0.25, -0.2) is 9.59 Å². The molecule has 0 aromatic heterocycles. The van der Waals surface area contributed by atoms with E-state index in [-0.39, 0.29) is 9.36 Å². The number of rotatable bonds is 3. The van der Waals surface area contributed by atoms with Crippen molar-refractivity contribution in [1.82, 2.24) is 0 Å². The Hall–Kier alpha value is -1.48. The predicted octanol–water partition coefficient (Wildman–Crippen LogP) is 2.94. The molecule has 3 nitrogen and oxygen atoms in total. The third-order valence-corrected chi connectivity index (χ3v) is 4.03. The van der Waals surface area contributed by atoms with Crippen molar-refractivity contribution in [2.24, 2.45) is 0 Å². The van der Waals surface area contributed by atoms with E-state index in [1.54, 1.807) is 34.5 Å². The van der Waals surface area contributed by atoms with Gasteiger partial charge >= 0.3 is 0 Å². The van der Waals surface area contributed by atoms with Crippen LogP contribution in [-0.4, -0.2) is 15.7 Å². The van der Waals surface area contributed by atoms with Gasteiger partial charge in [-0.15, -0.1) is 0 Å². The van der Waals surface area contributed by atoms with Gasteiger partial charge in [0.15, 0.2) is 0 Å². The van der Waals surface area contributed by atoms with Crippen LogP contribution in [0.25, 0.3) is 11.6 Å². The van der Waals surface area contributed by atoms with Gasteiger partial charge in [-0.3, -0.25) is 4.79 Å². The number of benzene rings is 1. The van der Waals surface area contributed by atoms with Crippen LogP contribution >= 0.6 is 22.6 Å². The Morgan fingerprint density at radius 1 is 1.00 bits per heavy atom. The lowest BCUT2D eigenvalue weighted by molar-refractivity contribution is -0.104. The molecule has 0 saturated carbocycles. The zero-order valence-electron chi connectivity index (χ0n) is 11.2. The maximum absolute atomic E-state index is 11.6. The molecule has 0 aliphatic carbocycles. The first-order valence-electron chi connectivity index (χ1n) is 5.63. The Morgan fingerprint density at radius 3 is 1.95 bits per heavy atom. The molecule has 0 unspecified atom stereocenters. The number of allylic oxidation sites excluding steroid dienone is 1. The Balaban J connectivity index is 3.96. The van der Waals surface area contributed by atoms with Gasteiger partial charge in [-0.2, -0.15) is 0 Å². The molecule has 0 fully saturated rings. The lowest BCUT2D eigenvalue weighted by Crippen LogP contribution is -2.06. The lowest BCUT2D eigenvalue weighted by atomic mass is 9.86. The summed E-state index contributed by atoms with van der Waals surface area (Å²) in [6.45, 7) is 7.56. The van der Waals surface area contributed by atoms with E-state index in [0.717, 1.165) is 22.3 Å². The summed E-state index contributed by atoms with van der Waals surface area (Å²) in [5.74, 6) is 3.42. The van der Waals surface area contributed by atoms with Crippen molar-refractivity contribution < 1.29 is 14.4 Å². The molecule has 0 spiro atoms. The summed E-state index contributed by atoms with van der Waals surface area (Å²) < 4.78 is -0.390. The molecule has 0 aliphatic rings. The molecular formula is C15H13IO3. The lowest BCUT2D eigenvalue weighted by Gasteiger charge is -2.17. The number of hydrogen-bond acceptors (Lipinski definition) is 3. The maximum atomic E-state index is 11.6. The Kier molecular flexibility index (Phi) is 5.01. The van der Waals surface area contributed by atoms with Crippen molar-refractivity contribution in [2.75, 3.05) is 0 Å². The molecule has 1 rings (SSSR count). The average Bonchev–Trinajstić information content (AvgIpc) is 2.37. The second-order valence-corrected chi connectivity index (χ2v) is 5.28. The first kappa shape index (κ1) is 15.6. The van der Waals surface area contributed by atoms with Crippen LogP contribution < -0.4 is 0 Å². The second-order valence-electron chi connectivity index (χ2n) is 4.30. The van der Waals surface area contributed by atoms with Crippen molar-refractivity contribution in [3.05, 3.63) is 33.4 Å². The Bertz CT molecular complexity index is 659. The fourth-order valence-electron chi connectivity index (χ4n) is 2.09. The molecule has 0 bridgehead atoms. The molecule has 0 radical (unpaired) electrons. The van der Waals surface area contributed by atoms with Crippen molar-refractivity contribution >= 4 is 49.9 Å². The normalized spacial score (nSPS) is 9.53. The van der Waals surface area contributed by atoms with Crippen LogP contribution in [-0.2, 0) is 14.4 Å². The molecule has 0 aliphatic heterocycles. The summed E-state index contributed by atoms with van der Waals surface area (Å²) in [6, 6.07) is 0. The summed E-state index contributed by atoms with van der Waals surface area (Å²) in [5.41, 5.74) is 4.73. The molecule has 1 aromatic carbocycles. The molecule has 1 aromatic rings. The van der Waals surface area contributed by atoms with E-state index in [1.165, 1.54) is 6.08 Å². The number of carbonyl (C=O) groups excluding carboxylic acids is 3.